The number of aryl methyl sites for hydroxylation is 1. The van der Waals surface area contributed by atoms with Crippen LogP contribution in [0.3, 0.4) is 0 Å². The second-order valence-electron chi connectivity index (χ2n) is 4.89. The first kappa shape index (κ1) is 15.0. The molecule has 1 saturated carbocycles. The molecular weight excluding hydrogens is 378 g/mol. The number of aromatic nitrogens is 1. The molecule has 0 bridgehead atoms. The molecule has 1 aliphatic carbocycles. The van der Waals surface area contributed by atoms with Crippen LogP contribution in [0.4, 0.5) is 5.13 Å². The fourth-order valence-corrected chi connectivity index (χ4v) is 4.68. The van der Waals surface area contributed by atoms with Crippen LogP contribution in [-0.2, 0) is 16.6 Å². The van der Waals surface area contributed by atoms with Crippen LogP contribution in [0.2, 0.25) is 0 Å². The van der Waals surface area contributed by atoms with E-state index in [4.69, 9.17) is 4.42 Å². The van der Waals surface area contributed by atoms with E-state index in [2.05, 4.69) is 31.0 Å². The third-order valence-corrected chi connectivity index (χ3v) is 6.13. The Labute approximate surface area is 135 Å². The maximum Gasteiger partial charge on any atom is 0.268 e. The van der Waals surface area contributed by atoms with Crippen LogP contribution in [0.5, 0.6) is 0 Å². The van der Waals surface area contributed by atoms with E-state index in [1.54, 1.807) is 6.20 Å². The number of rotatable bonds is 6. The first-order valence-corrected chi connectivity index (χ1v) is 9.50. The van der Waals surface area contributed by atoms with Crippen molar-refractivity contribution in [2.24, 2.45) is 0 Å². The molecule has 2 heterocycles. The number of hydrogen-bond acceptors (Lipinski definition) is 6. The molecule has 2 aromatic heterocycles. The molecule has 1 aliphatic rings. The molecule has 1 fully saturated rings. The Morgan fingerprint density at radius 2 is 2.29 bits per heavy atom. The van der Waals surface area contributed by atoms with E-state index in [0.717, 1.165) is 17.7 Å². The number of nitrogens with zero attached hydrogens (tertiary/aromatic N) is 1. The largest absolute Gasteiger partial charge is 0.451 e. The van der Waals surface area contributed by atoms with Gasteiger partial charge in [-0.15, -0.1) is 11.3 Å². The molecule has 0 saturated heterocycles. The molecule has 0 spiro atoms. The molecule has 0 unspecified atom stereocenters. The minimum absolute atomic E-state index is 0.0861. The molecular formula is C12H14BrN3O3S2. The SMILES string of the molecule is Cc1cnc(NS(=O)(=O)c2cc(CNC3CC3)oc2Br)s1. The molecule has 0 radical (unpaired) electrons. The van der Waals surface area contributed by atoms with Crippen LogP contribution in [0.25, 0.3) is 0 Å². The molecule has 6 nitrogen and oxygen atoms in total. The average Bonchev–Trinajstić information content (AvgIpc) is 3.03. The van der Waals surface area contributed by atoms with Crippen molar-refractivity contribution in [3.8, 4) is 0 Å². The third kappa shape index (κ3) is 3.65. The monoisotopic (exact) mass is 391 g/mol. The van der Waals surface area contributed by atoms with Crippen molar-refractivity contribution in [3.63, 3.8) is 0 Å². The third-order valence-electron chi connectivity index (χ3n) is 2.98. The van der Waals surface area contributed by atoms with Gasteiger partial charge in [-0.25, -0.2) is 13.4 Å². The van der Waals surface area contributed by atoms with Crippen LogP contribution in [0.15, 0.2) is 26.2 Å². The number of hydrogen-bond donors (Lipinski definition) is 2. The first-order valence-electron chi connectivity index (χ1n) is 6.41. The predicted molar refractivity (Wildman–Crippen MR) is 83.9 cm³/mol. The quantitative estimate of drug-likeness (QED) is 0.790. The lowest BCUT2D eigenvalue weighted by Gasteiger charge is -2.02. The van der Waals surface area contributed by atoms with Crippen molar-refractivity contribution in [1.29, 1.82) is 0 Å². The van der Waals surface area contributed by atoms with Crippen molar-refractivity contribution in [3.05, 3.63) is 27.6 Å². The van der Waals surface area contributed by atoms with E-state index < -0.39 is 10.0 Å². The summed E-state index contributed by atoms with van der Waals surface area (Å²) in [6.07, 6.45) is 3.95. The van der Waals surface area contributed by atoms with Gasteiger partial charge in [-0.3, -0.25) is 4.72 Å². The summed E-state index contributed by atoms with van der Waals surface area (Å²) in [6.45, 7) is 2.39. The zero-order valence-corrected chi connectivity index (χ0v) is 14.4. The van der Waals surface area contributed by atoms with Crippen molar-refractivity contribution >= 4 is 42.4 Å². The van der Waals surface area contributed by atoms with Gasteiger partial charge >= 0.3 is 0 Å². The summed E-state index contributed by atoms with van der Waals surface area (Å²) in [5.41, 5.74) is 0. The van der Waals surface area contributed by atoms with E-state index >= 15 is 0 Å². The van der Waals surface area contributed by atoms with Crippen molar-refractivity contribution in [2.45, 2.75) is 37.2 Å². The number of thiazole rings is 1. The minimum Gasteiger partial charge on any atom is -0.451 e. The summed E-state index contributed by atoms with van der Waals surface area (Å²) in [5.74, 6) is 0.587. The van der Waals surface area contributed by atoms with Crippen molar-refractivity contribution in [2.75, 3.05) is 4.72 Å². The maximum atomic E-state index is 12.3. The normalized spacial score (nSPS) is 15.3. The molecule has 0 amide bonds. The number of furan rings is 1. The van der Waals surface area contributed by atoms with Crippen LogP contribution in [0.1, 0.15) is 23.5 Å². The Morgan fingerprint density at radius 3 is 2.90 bits per heavy atom. The summed E-state index contributed by atoms with van der Waals surface area (Å²) < 4.78 is 32.8. The van der Waals surface area contributed by atoms with Crippen LogP contribution in [-0.4, -0.2) is 19.4 Å². The van der Waals surface area contributed by atoms with Gasteiger partial charge < -0.3 is 9.73 Å². The van der Waals surface area contributed by atoms with Gasteiger partial charge in [-0.05, 0) is 35.7 Å². The smallest absolute Gasteiger partial charge is 0.268 e. The van der Waals surface area contributed by atoms with E-state index in [0.29, 0.717) is 23.5 Å². The standard InChI is InChI=1S/C12H14BrN3O3S2/c1-7-5-15-12(20-7)16-21(17,18)10-4-9(19-11(10)13)6-14-8-2-3-8/h4-5,8,14H,2-3,6H2,1H3,(H,15,16). The van der Waals surface area contributed by atoms with E-state index in [9.17, 15) is 8.42 Å². The maximum absolute atomic E-state index is 12.3. The van der Waals surface area contributed by atoms with Crippen LogP contribution in [0, 0.1) is 6.92 Å². The highest BCUT2D eigenvalue weighted by Gasteiger charge is 2.25. The minimum atomic E-state index is -3.70. The van der Waals surface area contributed by atoms with Gasteiger partial charge in [0.05, 0.1) is 6.54 Å². The average molecular weight is 392 g/mol. The second kappa shape index (κ2) is 5.71. The topological polar surface area (TPSA) is 84.2 Å². The van der Waals surface area contributed by atoms with Crippen molar-refractivity contribution < 1.29 is 12.8 Å². The lowest BCUT2D eigenvalue weighted by atomic mass is 10.4. The summed E-state index contributed by atoms with van der Waals surface area (Å²) in [7, 11) is -3.70. The number of sulfonamides is 1. The number of nitrogens with one attached hydrogen (secondary N) is 2. The first-order chi connectivity index (χ1) is 9.94. The zero-order chi connectivity index (χ0) is 15.0. The number of anilines is 1. The van der Waals surface area contributed by atoms with Gasteiger partial charge in [0.2, 0.25) is 0 Å². The zero-order valence-electron chi connectivity index (χ0n) is 11.2. The summed E-state index contributed by atoms with van der Waals surface area (Å²) >= 11 is 4.45. The molecule has 2 aromatic rings. The highest BCUT2D eigenvalue weighted by atomic mass is 79.9. The molecule has 114 valence electrons. The van der Waals surface area contributed by atoms with E-state index in [1.165, 1.54) is 17.4 Å². The highest BCUT2D eigenvalue weighted by Crippen LogP contribution is 2.29. The molecule has 0 aromatic carbocycles. The highest BCUT2D eigenvalue weighted by molar-refractivity contribution is 9.10. The van der Waals surface area contributed by atoms with Crippen LogP contribution < -0.4 is 10.0 Å². The Balaban J connectivity index is 1.77. The molecule has 3 rings (SSSR count). The van der Waals surface area contributed by atoms with E-state index in [1.807, 2.05) is 6.92 Å². The van der Waals surface area contributed by atoms with Gasteiger partial charge in [0.15, 0.2) is 9.80 Å². The predicted octanol–water partition coefficient (Wildman–Crippen LogP) is 2.86. The second-order valence-corrected chi connectivity index (χ2v) is 8.49. The fourth-order valence-electron chi connectivity index (χ4n) is 1.77. The van der Waals surface area contributed by atoms with Crippen LogP contribution >= 0.6 is 27.3 Å². The molecule has 0 aliphatic heterocycles. The number of halogens is 1. The van der Waals surface area contributed by atoms with Gasteiger partial charge in [0, 0.05) is 23.2 Å². The van der Waals surface area contributed by atoms with Gasteiger partial charge in [-0.1, -0.05) is 0 Å². The fraction of sp³-hybridized carbons (Fsp3) is 0.417. The lowest BCUT2D eigenvalue weighted by molar-refractivity contribution is 0.460. The Morgan fingerprint density at radius 1 is 1.52 bits per heavy atom. The summed E-state index contributed by atoms with van der Waals surface area (Å²) in [4.78, 5) is 5.02. The lowest BCUT2D eigenvalue weighted by Crippen LogP contribution is -2.15. The summed E-state index contributed by atoms with van der Waals surface area (Å²) in [5, 5.41) is 3.62. The Hall–Kier alpha value is -0.900. The Bertz CT molecular complexity index is 750. The molecule has 21 heavy (non-hydrogen) atoms. The Kier molecular flexibility index (Phi) is 4.08. The molecule has 0 atom stereocenters. The van der Waals surface area contributed by atoms with Gasteiger partial charge in [0.1, 0.15) is 10.7 Å². The van der Waals surface area contributed by atoms with Crippen molar-refractivity contribution in [1.82, 2.24) is 10.3 Å². The molecule has 9 heteroatoms. The van der Waals surface area contributed by atoms with Gasteiger partial charge in [-0.2, -0.15) is 0 Å². The molecule has 2 N–H and O–H groups in total. The summed E-state index contributed by atoms with van der Waals surface area (Å²) in [6, 6.07) is 2.06. The van der Waals surface area contributed by atoms with Gasteiger partial charge in [0.25, 0.3) is 10.0 Å². The van der Waals surface area contributed by atoms with E-state index in [-0.39, 0.29) is 9.56 Å².